The van der Waals surface area contributed by atoms with Crippen LogP contribution >= 0.6 is 23.4 Å². The molecule has 1 N–H and O–H groups in total. The lowest BCUT2D eigenvalue weighted by Gasteiger charge is -2.14. The Bertz CT molecular complexity index is 1210. The fourth-order valence-corrected chi connectivity index (χ4v) is 4.15. The average Bonchev–Trinajstić information content (AvgIpc) is 3.12. The number of nitrogens with zero attached hydrogens (tertiary/aromatic N) is 1. The van der Waals surface area contributed by atoms with E-state index in [0.717, 1.165) is 22.4 Å². The highest BCUT2D eigenvalue weighted by atomic mass is 35.5. The van der Waals surface area contributed by atoms with Gasteiger partial charge in [-0.05, 0) is 60.7 Å². The Hall–Kier alpha value is -3.22. The van der Waals surface area contributed by atoms with E-state index in [1.54, 1.807) is 13.2 Å². The molecule has 7 heteroatoms. The van der Waals surface area contributed by atoms with E-state index in [9.17, 15) is 4.79 Å². The van der Waals surface area contributed by atoms with Crippen molar-refractivity contribution in [3.8, 4) is 11.5 Å². The monoisotopic (exact) mass is 464 g/mol. The van der Waals surface area contributed by atoms with E-state index in [-0.39, 0.29) is 5.91 Å². The van der Waals surface area contributed by atoms with Gasteiger partial charge in [-0.3, -0.25) is 4.79 Å². The molecule has 3 aromatic carbocycles. The molecule has 1 saturated heterocycles. The van der Waals surface area contributed by atoms with Crippen molar-refractivity contribution in [3.05, 3.63) is 93.3 Å². The summed E-state index contributed by atoms with van der Waals surface area (Å²) in [6.45, 7) is 2.33. The van der Waals surface area contributed by atoms with Gasteiger partial charge in [0.25, 0.3) is 5.91 Å². The quantitative estimate of drug-likeness (QED) is 0.446. The van der Waals surface area contributed by atoms with Gasteiger partial charge >= 0.3 is 0 Å². The maximum Gasteiger partial charge on any atom is 0.264 e. The van der Waals surface area contributed by atoms with Crippen LogP contribution < -0.4 is 14.8 Å². The molecular formula is C25H21ClN2O3S. The SMILES string of the molecule is COc1cccc(/C=C2\SC(=Nc3ccc(C)cc3)NC2=O)c1OCc1cccc(Cl)c1. The van der Waals surface area contributed by atoms with E-state index in [4.69, 9.17) is 21.1 Å². The Kier molecular flexibility index (Phi) is 6.83. The van der Waals surface area contributed by atoms with Crippen LogP contribution in [0, 0.1) is 6.92 Å². The maximum absolute atomic E-state index is 12.5. The lowest BCUT2D eigenvalue weighted by molar-refractivity contribution is -0.115. The van der Waals surface area contributed by atoms with Crippen LogP contribution in [-0.4, -0.2) is 18.2 Å². The summed E-state index contributed by atoms with van der Waals surface area (Å²) in [6, 6.07) is 20.8. The minimum atomic E-state index is -0.204. The number of hydrogen-bond acceptors (Lipinski definition) is 5. The van der Waals surface area contributed by atoms with Crippen molar-refractivity contribution in [3.63, 3.8) is 0 Å². The van der Waals surface area contributed by atoms with E-state index in [1.807, 2.05) is 73.7 Å². The number of aliphatic imine (C=N–C) groups is 1. The van der Waals surface area contributed by atoms with Gasteiger partial charge in [-0.15, -0.1) is 0 Å². The molecule has 0 radical (unpaired) electrons. The summed E-state index contributed by atoms with van der Waals surface area (Å²) in [7, 11) is 1.59. The molecule has 32 heavy (non-hydrogen) atoms. The Morgan fingerprint density at radius 3 is 2.62 bits per heavy atom. The number of carbonyl (C=O) groups is 1. The average molecular weight is 465 g/mol. The Balaban J connectivity index is 1.59. The molecule has 4 rings (SSSR count). The number of ether oxygens (including phenoxy) is 2. The van der Waals surface area contributed by atoms with Gasteiger partial charge in [0.15, 0.2) is 16.7 Å². The Morgan fingerprint density at radius 2 is 1.88 bits per heavy atom. The molecule has 3 aromatic rings. The van der Waals surface area contributed by atoms with Gasteiger partial charge in [0.2, 0.25) is 0 Å². The molecule has 0 aliphatic carbocycles. The van der Waals surface area contributed by atoms with Crippen molar-refractivity contribution in [2.75, 3.05) is 7.11 Å². The molecule has 0 aromatic heterocycles. The summed E-state index contributed by atoms with van der Waals surface area (Å²) in [5.74, 6) is 0.933. The predicted octanol–water partition coefficient (Wildman–Crippen LogP) is 6.13. The van der Waals surface area contributed by atoms with Crippen molar-refractivity contribution < 1.29 is 14.3 Å². The molecule has 5 nitrogen and oxygen atoms in total. The van der Waals surface area contributed by atoms with Crippen LogP contribution in [0.1, 0.15) is 16.7 Å². The Morgan fingerprint density at radius 1 is 1.09 bits per heavy atom. The summed E-state index contributed by atoms with van der Waals surface area (Å²) in [6.07, 6.45) is 1.79. The second-order valence-corrected chi connectivity index (χ2v) is 8.58. The molecule has 0 atom stereocenters. The zero-order valence-electron chi connectivity index (χ0n) is 17.6. The predicted molar refractivity (Wildman–Crippen MR) is 131 cm³/mol. The number of halogens is 1. The van der Waals surface area contributed by atoms with Crippen LogP contribution in [0.15, 0.2) is 76.6 Å². The molecule has 1 amide bonds. The van der Waals surface area contributed by atoms with Gasteiger partial charge < -0.3 is 14.8 Å². The highest BCUT2D eigenvalue weighted by Crippen LogP contribution is 2.36. The number of benzene rings is 3. The number of aryl methyl sites for hydroxylation is 1. The highest BCUT2D eigenvalue weighted by molar-refractivity contribution is 8.18. The second-order valence-electron chi connectivity index (χ2n) is 7.11. The number of amides is 1. The van der Waals surface area contributed by atoms with Crippen molar-refractivity contribution in [2.24, 2.45) is 4.99 Å². The van der Waals surface area contributed by atoms with Gasteiger partial charge in [-0.1, -0.05) is 53.6 Å². The molecule has 0 saturated carbocycles. The van der Waals surface area contributed by atoms with Crippen LogP contribution in [0.25, 0.3) is 6.08 Å². The number of thioether (sulfide) groups is 1. The van der Waals surface area contributed by atoms with Crippen LogP contribution in [0.2, 0.25) is 5.02 Å². The van der Waals surface area contributed by atoms with Crippen molar-refractivity contribution in [2.45, 2.75) is 13.5 Å². The Labute approximate surface area is 196 Å². The van der Waals surface area contributed by atoms with Gasteiger partial charge in [-0.2, -0.15) is 0 Å². The molecule has 162 valence electrons. The normalized spacial score (nSPS) is 15.8. The summed E-state index contributed by atoms with van der Waals surface area (Å²) in [5.41, 5.74) is 3.61. The van der Waals surface area contributed by atoms with E-state index in [0.29, 0.717) is 33.2 Å². The molecule has 0 bridgehead atoms. The van der Waals surface area contributed by atoms with Crippen molar-refractivity contribution in [1.29, 1.82) is 0 Å². The zero-order valence-corrected chi connectivity index (χ0v) is 19.2. The fraction of sp³-hybridized carbons (Fsp3) is 0.120. The molecule has 0 unspecified atom stereocenters. The van der Waals surface area contributed by atoms with Crippen molar-refractivity contribution in [1.82, 2.24) is 5.32 Å². The van der Waals surface area contributed by atoms with E-state index < -0.39 is 0 Å². The fourth-order valence-electron chi connectivity index (χ4n) is 3.10. The van der Waals surface area contributed by atoms with E-state index in [1.165, 1.54) is 11.8 Å². The third-order valence-corrected chi connectivity index (χ3v) is 5.85. The first-order valence-electron chi connectivity index (χ1n) is 9.92. The molecular weight excluding hydrogens is 444 g/mol. The molecule has 1 fully saturated rings. The molecule has 0 spiro atoms. The van der Waals surface area contributed by atoms with Crippen LogP contribution in [0.3, 0.4) is 0 Å². The summed E-state index contributed by atoms with van der Waals surface area (Å²) in [4.78, 5) is 17.6. The summed E-state index contributed by atoms with van der Waals surface area (Å²) in [5, 5.41) is 4.00. The van der Waals surface area contributed by atoms with Gasteiger partial charge in [-0.25, -0.2) is 4.99 Å². The van der Waals surface area contributed by atoms with Gasteiger partial charge in [0.1, 0.15) is 6.61 Å². The van der Waals surface area contributed by atoms with Crippen LogP contribution in [-0.2, 0) is 11.4 Å². The number of rotatable bonds is 6. The number of carbonyl (C=O) groups excluding carboxylic acids is 1. The second kappa shape index (κ2) is 9.94. The zero-order chi connectivity index (χ0) is 22.5. The van der Waals surface area contributed by atoms with Crippen molar-refractivity contribution >= 4 is 46.2 Å². The van der Waals surface area contributed by atoms with Gasteiger partial charge in [0, 0.05) is 10.6 Å². The maximum atomic E-state index is 12.5. The third-order valence-electron chi connectivity index (χ3n) is 4.70. The third kappa shape index (κ3) is 5.33. The van der Waals surface area contributed by atoms with Crippen LogP contribution in [0.4, 0.5) is 5.69 Å². The number of methoxy groups -OCH3 is 1. The lowest BCUT2D eigenvalue weighted by atomic mass is 10.1. The minimum Gasteiger partial charge on any atom is -0.493 e. The minimum absolute atomic E-state index is 0.204. The smallest absolute Gasteiger partial charge is 0.264 e. The summed E-state index contributed by atoms with van der Waals surface area (Å²) >= 11 is 7.36. The number of hydrogen-bond donors (Lipinski definition) is 1. The van der Waals surface area contributed by atoms with E-state index in [2.05, 4.69) is 10.3 Å². The molecule has 1 aliphatic heterocycles. The lowest BCUT2D eigenvalue weighted by Crippen LogP contribution is -2.19. The number of nitrogens with one attached hydrogen (secondary N) is 1. The topological polar surface area (TPSA) is 59.9 Å². The summed E-state index contributed by atoms with van der Waals surface area (Å²) < 4.78 is 11.6. The van der Waals surface area contributed by atoms with Gasteiger partial charge in [0.05, 0.1) is 17.7 Å². The standard InChI is InChI=1S/C25H21ClN2O3S/c1-16-9-11-20(12-10-16)27-25-28-24(29)22(32-25)14-18-6-4-8-21(30-2)23(18)31-15-17-5-3-7-19(26)13-17/h3-14H,15H2,1-2H3,(H,27,28,29)/b22-14-. The van der Waals surface area contributed by atoms with E-state index >= 15 is 0 Å². The first-order valence-corrected chi connectivity index (χ1v) is 11.1. The highest BCUT2D eigenvalue weighted by Gasteiger charge is 2.24. The number of amidine groups is 1. The first-order chi connectivity index (χ1) is 15.5. The first kappa shape index (κ1) is 22.0. The molecule has 1 aliphatic rings. The largest absolute Gasteiger partial charge is 0.493 e. The van der Waals surface area contributed by atoms with Crippen LogP contribution in [0.5, 0.6) is 11.5 Å². The molecule has 1 heterocycles. The number of para-hydroxylation sites is 1.